The monoisotopic (exact) mass is 114 g/mol. The van der Waals surface area contributed by atoms with E-state index in [1.54, 1.807) is 0 Å². The van der Waals surface area contributed by atoms with Gasteiger partial charge >= 0.3 is 0 Å². The molecule has 0 aliphatic rings. The lowest BCUT2D eigenvalue weighted by Crippen LogP contribution is -2.37. The van der Waals surface area contributed by atoms with Crippen molar-refractivity contribution in [2.45, 2.75) is 26.3 Å². The lowest BCUT2D eigenvalue weighted by molar-refractivity contribution is 0.194. The second-order valence-corrected chi connectivity index (χ2v) is 3.09. The molecule has 1 nitrogen and oxygen atoms in total. The molecule has 1 radical (unpaired) electrons. The molecule has 8 heavy (non-hydrogen) atoms. The molecule has 0 saturated carbocycles. The van der Waals surface area contributed by atoms with Gasteiger partial charge in [0.1, 0.15) is 0 Å². The van der Waals surface area contributed by atoms with Crippen LogP contribution in [0.5, 0.6) is 0 Å². The SMILES string of the molecule is [CH2]CN(C)C(C)(C)C. The third kappa shape index (κ3) is 2.31. The number of nitrogens with zero attached hydrogens (tertiary/aromatic N) is 1. The first-order chi connectivity index (χ1) is 3.48. The summed E-state index contributed by atoms with van der Waals surface area (Å²) in [6, 6.07) is 0. The highest BCUT2D eigenvalue weighted by molar-refractivity contribution is 4.72. The first-order valence-electron chi connectivity index (χ1n) is 2.99. The average molecular weight is 114 g/mol. The third-order valence-corrected chi connectivity index (χ3v) is 1.48. The minimum Gasteiger partial charge on any atom is -0.302 e. The van der Waals surface area contributed by atoms with Crippen molar-refractivity contribution in [1.82, 2.24) is 4.90 Å². The lowest BCUT2D eigenvalue weighted by Gasteiger charge is -2.30. The van der Waals surface area contributed by atoms with Gasteiger partial charge in [-0.2, -0.15) is 0 Å². The molecule has 49 valence electrons. The Kier molecular flexibility index (Phi) is 2.48. The Balaban J connectivity index is 3.62. The van der Waals surface area contributed by atoms with Gasteiger partial charge in [-0.15, -0.1) is 0 Å². The molecule has 0 aromatic heterocycles. The molecule has 0 aromatic carbocycles. The zero-order valence-corrected chi connectivity index (χ0v) is 6.36. The van der Waals surface area contributed by atoms with Crippen LogP contribution in [-0.4, -0.2) is 24.0 Å². The Labute approximate surface area is 52.7 Å². The van der Waals surface area contributed by atoms with Crippen molar-refractivity contribution < 1.29 is 0 Å². The topological polar surface area (TPSA) is 3.24 Å². The van der Waals surface area contributed by atoms with Crippen LogP contribution < -0.4 is 0 Å². The van der Waals surface area contributed by atoms with E-state index in [1.165, 1.54) is 0 Å². The predicted octanol–water partition coefficient (Wildman–Crippen LogP) is 1.55. The molecule has 0 bridgehead atoms. The fourth-order valence-corrected chi connectivity index (χ4v) is 0.335. The van der Waals surface area contributed by atoms with E-state index in [4.69, 9.17) is 0 Å². The largest absolute Gasteiger partial charge is 0.302 e. The van der Waals surface area contributed by atoms with Crippen LogP contribution in [0.25, 0.3) is 0 Å². The second kappa shape index (κ2) is 2.49. The summed E-state index contributed by atoms with van der Waals surface area (Å²) in [4.78, 5) is 2.20. The fourth-order valence-electron chi connectivity index (χ4n) is 0.335. The smallest absolute Gasteiger partial charge is 0.0122 e. The Morgan fingerprint density at radius 3 is 1.75 bits per heavy atom. The van der Waals surface area contributed by atoms with Crippen molar-refractivity contribution in [2.24, 2.45) is 0 Å². The maximum absolute atomic E-state index is 3.78. The van der Waals surface area contributed by atoms with Gasteiger partial charge in [0.05, 0.1) is 0 Å². The predicted molar refractivity (Wildman–Crippen MR) is 37.7 cm³/mol. The summed E-state index contributed by atoms with van der Waals surface area (Å²) >= 11 is 0. The molecule has 0 unspecified atom stereocenters. The van der Waals surface area contributed by atoms with E-state index in [0.717, 1.165) is 6.54 Å². The van der Waals surface area contributed by atoms with Crippen LogP contribution in [0.2, 0.25) is 0 Å². The Morgan fingerprint density at radius 2 is 1.75 bits per heavy atom. The second-order valence-electron chi connectivity index (χ2n) is 3.09. The number of hydrogen-bond donors (Lipinski definition) is 0. The van der Waals surface area contributed by atoms with Gasteiger partial charge in [0.25, 0.3) is 0 Å². The molecule has 0 heterocycles. The molecule has 0 aromatic rings. The minimum atomic E-state index is 0.280. The van der Waals surface area contributed by atoms with Crippen molar-refractivity contribution in [1.29, 1.82) is 0 Å². The highest BCUT2D eigenvalue weighted by atomic mass is 15.1. The summed E-state index contributed by atoms with van der Waals surface area (Å²) in [6.07, 6.45) is 0. The van der Waals surface area contributed by atoms with Crippen molar-refractivity contribution in [2.75, 3.05) is 13.6 Å². The van der Waals surface area contributed by atoms with Gasteiger partial charge in [-0.3, -0.25) is 0 Å². The lowest BCUT2D eigenvalue weighted by atomic mass is 10.1. The Morgan fingerprint density at radius 1 is 1.38 bits per heavy atom. The summed E-state index contributed by atoms with van der Waals surface area (Å²) in [7, 11) is 2.08. The van der Waals surface area contributed by atoms with E-state index in [0.29, 0.717) is 0 Å². The minimum absolute atomic E-state index is 0.280. The summed E-state index contributed by atoms with van der Waals surface area (Å²) in [5.41, 5.74) is 0.280. The first kappa shape index (κ1) is 7.96. The molecule has 0 N–H and O–H groups in total. The molecule has 0 rings (SSSR count). The van der Waals surface area contributed by atoms with Gasteiger partial charge in [0, 0.05) is 5.54 Å². The van der Waals surface area contributed by atoms with Crippen molar-refractivity contribution in [3.05, 3.63) is 6.92 Å². The van der Waals surface area contributed by atoms with Crippen LogP contribution in [0, 0.1) is 6.92 Å². The molecule has 1 heteroatoms. The van der Waals surface area contributed by atoms with Gasteiger partial charge < -0.3 is 4.90 Å². The fraction of sp³-hybridized carbons (Fsp3) is 0.857. The number of rotatable bonds is 1. The zero-order chi connectivity index (χ0) is 6.78. The normalized spacial score (nSPS) is 12.8. The molecule has 0 fully saturated rings. The van der Waals surface area contributed by atoms with Crippen LogP contribution in [0.15, 0.2) is 0 Å². The van der Waals surface area contributed by atoms with Gasteiger partial charge in [-0.25, -0.2) is 0 Å². The van der Waals surface area contributed by atoms with Gasteiger partial charge in [0.2, 0.25) is 0 Å². The molecular formula is C7H16N. The highest BCUT2D eigenvalue weighted by Crippen LogP contribution is 2.08. The molecule has 0 amide bonds. The Bertz CT molecular complexity index is 61.3. The van der Waals surface area contributed by atoms with E-state index >= 15 is 0 Å². The molecule has 0 aliphatic heterocycles. The number of hydrogen-bond acceptors (Lipinski definition) is 1. The first-order valence-corrected chi connectivity index (χ1v) is 2.99. The quantitative estimate of drug-likeness (QED) is 0.500. The maximum atomic E-state index is 3.78. The molecule has 0 atom stereocenters. The van der Waals surface area contributed by atoms with Crippen LogP contribution in [0.1, 0.15) is 20.8 Å². The molecule has 0 spiro atoms. The van der Waals surface area contributed by atoms with Gasteiger partial charge in [0.15, 0.2) is 0 Å². The summed E-state index contributed by atoms with van der Waals surface area (Å²) in [6.45, 7) is 11.2. The van der Waals surface area contributed by atoms with Crippen molar-refractivity contribution in [3.63, 3.8) is 0 Å². The van der Waals surface area contributed by atoms with Crippen molar-refractivity contribution in [3.8, 4) is 0 Å². The molecule has 0 aliphatic carbocycles. The van der Waals surface area contributed by atoms with Gasteiger partial charge in [-0.05, 0) is 41.3 Å². The highest BCUT2D eigenvalue weighted by Gasteiger charge is 2.13. The summed E-state index contributed by atoms with van der Waals surface area (Å²) in [5.74, 6) is 0. The van der Waals surface area contributed by atoms with E-state index in [-0.39, 0.29) is 5.54 Å². The molecule has 0 saturated heterocycles. The van der Waals surface area contributed by atoms with Crippen LogP contribution in [-0.2, 0) is 0 Å². The summed E-state index contributed by atoms with van der Waals surface area (Å²) in [5, 5.41) is 0. The zero-order valence-electron chi connectivity index (χ0n) is 6.36. The van der Waals surface area contributed by atoms with Crippen LogP contribution >= 0.6 is 0 Å². The van der Waals surface area contributed by atoms with Gasteiger partial charge in [-0.1, -0.05) is 0 Å². The van der Waals surface area contributed by atoms with Crippen LogP contribution in [0.4, 0.5) is 0 Å². The van der Waals surface area contributed by atoms with E-state index in [9.17, 15) is 0 Å². The van der Waals surface area contributed by atoms with Crippen LogP contribution in [0.3, 0.4) is 0 Å². The van der Waals surface area contributed by atoms with Crippen molar-refractivity contribution >= 4 is 0 Å². The molecular weight excluding hydrogens is 98.1 g/mol. The maximum Gasteiger partial charge on any atom is 0.0122 e. The van der Waals surface area contributed by atoms with E-state index < -0.39 is 0 Å². The third-order valence-electron chi connectivity index (χ3n) is 1.48. The van der Waals surface area contributed by atoms with E-state index in [1.807, 2.05) is 0 Å². The Hall–Kier alpha value is -0.0400. The average Bonchev–Trinajstić information content (AvgIpc) is 1.62. The summed E-state index contributed by atoms with van der Waals surface area (Å²) < 4.78 is 0. The van der Waals surface area contributed by atoms with E-state index in [2.05, 4.69) is 39.6 Å². The standard InChI is InChI=1S/C7H16N/c1-6-8(5)7(2,3)4/h1,6H2,2-5H3.